The number of benzene rings is 4. The smallest absolute Gasteiger partial charge is 0.410 e. The van der Waals surface area contributed by atoms with Crippen LogP contribution < -0.4 is 24.7 Å². The number of halogens is 2. The molecule has 3 aliphatic heterocycles. The van der Waals surface area contributed by atoms with Gasteiger partial charge >= 0.3 is 12.1 Å². The van der Waals surface area contributed by atoms with E-state index in [0.717, 1.165) is 12.8 Å². The molecule has 3 fully saturated rings. The number of aromatic nitrogens is 3. The third kappa shape index (κ3) is 11.2. The van der Waals surface area contributed by atoms with E-state index < -0.39 is 33.6 Å². The summed E-state index contributed by atoms with van der Waals surface area (Å²) in [5.74, 6) is 2.72. The minimum Gasteiger partial charge on any atom is -0.474 e. The highest BCUT2D eigenvalue weighted by molar-refractivity contribution is 6.99. The van der Waals surface area contributed by atoms with Crippen molar-refractivity contribution in [3.8, 4) is 34.6 Å². The number of piperazine rings is 1. The highest BCUT2D eigenvalue weighted by Gasteiger charge is 2.53. The molecule has 3 aliphatic rings. The molecule has 5 heterocycles. The average molecular weight is 1110 g/mol. The first-order valence-corrected chi connectivity index (χ1v) is 32.7. The fourth-order valence-electron chi connectivity index (χ4n) is 13.3. The van der Waals surface area contributed by atoms with Gasteiger partial charge in [-0.05, 0) is 104 Å². The summed E-state index contributed by atoms with van der Waals surface area (Å²) in [6.45, 7) is 31.3. The van der Waals surface area contributed by atoms with E-state index in [-0.39, 0.29) is 82.1 Å². The van der Waals surface area contributed by atoms with Gasteiger partial charge in [0.05, 0.1) is 29.9 Å². The number of ether oxygens (including phenoxy) is 3. The van der Waals surface area contributed by atoms with Crippen molar-refractivity contribution < 1.29 is 32.2 Å². The Morgan fingerprint density at radius 1 is 0.747 bits per heavy atom. The molecule has 2 bridgehead atoms. The van der Waals surface area contributed by atoms with E-state index in [2.05, 4.69) is 151 Å². The monoisotopic (exact) mass is 1110 g/mol. The van der Waals surface area contributed by atoms with Crippen molar-refractivity contribution >= 4 is 60.4 Å². The lowest BCUT2D eigenvalue weighted by atomic mass is 9.96. The fourth-order valence-corrected chi connectivity index (χ4v) is 23.2. The SMILES string of the molecule is CC(C)Oc1nc(-c2cccc3ccc(F)c(C#C[Si](C(C)C)(C(C)C)C(C)C)c23)c(F)c2nc(OC[C@@H]3C[C@@H](O[Si](c4ccccc4)(c4ccccc4)C(C)(C)C)CN3C)nc(N3CC4CCC(C3)N4C(=O)OC(C)(C)C)c12. The lowest BCUT2D eigenvalue weighted by molar-refractivity contribution is 0.0122. The highest BCUT2D eigenvalue weighted by Crippen LogP contribution is 2.45. The fraction of sp³-hybridized carbons (Fsp3) is 0.500. The number of carbonyl (C=O) groups excluding carboxylic acids is 1. The first kappa shape index (κ1) is 57.8. The number of fused-ring (bicyclic) bond motifs is 4. The van der Waals surface area contributed by atoms with Crippen LogP contribution in [0.2, 0.25) is 21.7 Å². The van der Waals surface area contributed by atoms with Crippen molar-refractivity contribution in [1.29, 1.82) is 0 Å². The summed E-state index contributed by atoms with van der Waals surface area (Å²) >= 11 is 0. The van der Waals surface area contributed by atoms with Crippen LogP contribution in [0, 0.1) is 23.1 Å². The average Bonchev–Trinajstić information content (AvgIpc) is 4.02. The van der Waals surface area contributed by atoms with Gasteiger partial charge in [-0.2, -0.15) is 9.97 Å². The van der Waals surface area contributed by atoms with Crippen LogP contribution in [-0.4, -0.2) is 116 Å². The van der Waals surface area contributed by atoms with E-state index in [1.165, 1.54) is 16.4 Å². The van der Waals surface area contributed by atoms with E-state index in [4.69, 9.17) is 33.6 Å². The van der Waals surface area contributed by atoms with Gasteiger partial charge in [-0.1, -0.05) is 153 Å². The van der Waals surface area contributed by atoms with E-state index >= 15 is 8.78 Å². The Kier molecular flexibility index (Phi) is 16.5. The molecule has 4 atom stereocenters. The summed E-state index contributed by atoms with van der Waals surface area (Å²) in [5.41, 5.74) is 4.48. The standard InChI is InChI=1S/C64H82F2N6O5Si2/c1-40(2)75-60-55-58(56(66)57(67-60)52-28-22-23-44-29-32-53(65)51(54(44)52)33-34-78(41(3)4,42(5)6)43(7)8)68-61(69-59(55)71-36-45-30-31-46(37-71)72(45)62(73)76-63(9,10)11)74-39-47-35-48(38-70(47)15)77-79(64(12,13)14,49-24-18-16-19-25-49)50-26-20-17-21-27-50/h16-29,32,40-43,45-48H,30-31,35-39H2,1-15H3/t45?,46?,47-,48+/m0/s1. The molecule has 0 N–H and O–H groups in total. The van der Waals surface area contributed by atoms with Gasteiger partial charge < -0.3 is 23.5 Å². The second-order valence-corrected chi connectivity index (χ2v) is 35.3. The highest BCUT2D eigenvalue weighted by atomic mass is 28.4. The summed E-state index contributed by atoms with van der Waals surface area (Å²) in [7, 11) is -3.12. The molecule has 2 unspecified atom stereocenters. The minimum atomic E-state index is -2.87. The molecule has 2 aromatic heterocycles. The Labute approximate surface area is 469 Å². The number of likely N-dealkylation sites (tertiary alicyclic amines) is 1. The van der Waals surface area contributed by atoms with Crippen LogP contribution in [0.5, 0.6) is 11.9 Å². The molecular weight excluding hydrogens is 1030 g/mol. The van der Waals surface area contributed by atoms with Crippen molar-refractivity contribution in [3.05, 3.63) is 108 Å². The number of anilines is 1. The van der Waals surface area contributed by atoms with Crippen molar-refractivity contribution in [3.63, 3.8) is 0 Å². The zero-order valence-electron chi connectivity index (χ0n) is 49.2. The normalized spacial score (nSPS) is 19.3. The topological polar surface area (TPSA) is 102 Å². The van der Waals surface area contributed by atoms with Crippen molar-refractivity contribution in [2.45, 2.75) is 174 Å². The Balaban J connectivity index is 1.16. The molecule has 420 valence electrons. The first-order valence-electron chi connectivity index (χ1n) is 28.5. The molecular formula is C64H82F2N6O5Si2. The van der Waals surface area contributed by atoms with Gasteiger partial charge in [0.25, 0.3) is 8.32 Å². The molecule has 0 saturated carbocycles. The molecule has 79 heavy (non-hydrogen) atoms. The molecule has 9 rings (SSSR count). The Hall–Kier alpha value is -5.93. The zero-order chi connectivity index (χ0) is 56.9. The first-order chi connectivity index (χ1) is 37.3. The van der Waals surface area contributed by atoms with Gasteiger partial charge in [0, 0.05) is 36.6 Å². The predicted molar refractivity (Wildman–Crippen MR) is 320 cm³/mol. The summed E-state index contributed by atoms with van der Waals surface area (Å²) in [5, 5.41) is 3.69. The number of carbonyl (C=O) groups is 1. The molecule has 11 nitrogen and oxygen atoms in total. The Morgan fingerprint density at radius 2 is 1.35 bits per heavy atom. The van der Waals surface area contributed by atoms with Gasteiger partial charge in [0.15, 0.2) is 5.82 Å². The summed E-state index contributed by atoms with van der Waals surface area (Å²) in [4.78, 5) is 35.2. The van der Waals surface area contributed by atoms with Crippen molar-refractivity contribution in [1.82, 2.24) is 24.8 Å². The molecule has 1 amide bonds. The van der Waals surface area contributed by atoms with Crippen LogP contribution in [0.25, 0.3) is 32.9 Å². The van der Waals surface area contributed by atoms with E-state index in [9.17, 15) is 4.79 Å². The Morgan fingerprint density at radius 3 is 1.91 bits per heavy atom. The van der Waals surface area contributed by atoms with Gasteiger partial charge in [0.2, 0.25) is 5.88 Å². The van der Waals surface area contributed by atoms with Crippen LogP contribution in [0.4, 0.5) is 19.4 Å². The number of rotatable bonds is 14. The zero-order valence-corrected chi connectivity index (χ0v) is 51.2. The number of pyridine rings is 1. The number of nitrogens with zero attached hydrogens (tertiary/aromatic N) is 6. The summed E-state index contributed by atoms with van der Waals surface area (Å²) < 4.78 is 61.9. The Bertz CT molecular complexity index is 3170. The van der Waals surface area contributed by atoms with E-state index in [1.54, 1.807) is 12.1 Å². The van der Waals surface area contributed by atoms with E-state index in [1.807, 2.05) is 51.7 Å². The van der Waals surface area contributed by atoms with Crippen LogP contribution in [0.1, 0.15) is 122 Å². The lowest BCUT2D eigenvalue weighted by Gasteiger charge is -2.44. The number of hydrogen-bond acceptors (Lipinski definition) is 10. The summed E-state index contributed by atoms with van der Waals surface area (Å²) in [6, 6.07) is 29.5. The largest absolute Gasteiger partial charge is 0.474 e. The van der Waals surface area contributed by atoms with Crippen LogP contribution >= 0.6 is 0 Å². The lowest BCUT2D eigenvalue weighted by Crippen LogP contribution is -2.67. The molecule has 4 aromatic carbocycles. The van der Waals surface area contributed by atoms with Crippen molar-refractivity contribution in [2.75, 3.05) is 38.2 Å². The second kappa shape index (κ2) is 22.5. The van der Waals surface area contributed by atoms with Crippen LogP contribution in [0.3, 0.4) is 0 Å². The van der Waals surface area contributed by atoms with Gasteiger partial charge in [-0.25, -0.2) is 18.6 Å². The van der Waals surface area contributed by atoms with Gasteiger partial charge in [-0.3, -0.25) is 9.80 Å². The minimum absolute atomic E-state index is 0.00593. The summed E-state index contributed by atoms with van der Waals surface area (Å²) in [6.07, 6.45) is 1.37. The van der Waals surface area contributed by atoms with Crippen molar-refractivity contribution in [2.24, 2.45) is 0 Å². The number of hydrogen-bond donors (Lipinski definition) is 0. The second-order valence-electron chi connectivity index (χ2n) is 25.5. The quantitative estimate of drug-likeness (QED) is 0.0774. The third-order valence-corrected chi connectivity index (χ3v) is 28.2. The molecule has 0 spiro atoms. The van der Waals surface area contributed by atoms with Crippen LogP contribution in [0.15, 0.2) is 91.0 Å². The molecule has 0 aliphatic carbocycles. The van der Waals surface area contributed by atoms with Crippen LogP contribution in [-0.2, 0) is 9.16 Å². The molecule has 3 saturated heterocycles. The number of likely N-dealkylation sites (N-methyl/N-ethyl adjacent to an activating group) is 1. The molecule has 0 radical (unpaired) electrons. The van der Waals surface area contributed by atoms with E-state index in [0.29, 0.717) is 64.8 Å². The maximum atomic E-state index is 18.4. The third-order valence-electron chi connectivity index (χ3n) is 16.8. The predicted octanol–water partition coefficient (Wildman–Crippen LogP) is 13.1. The maximum absolute atomic E-state index is 18.4. The van der Waals surface area contributed by atoms with Gasteiger partial charge in [0.1, 0.15) is 48.5 Å². The maximum Gasteiger partial charge on any atom is 0.410 e. The molecule has 6 aromatic rings. The van der Waals surface area contributed by atoms with Gasteiger partial charge in [-0.15, -0.1) is 5.54 Å². The molecule has 15 heteroatoms. The number of amides is 1.